The second-order valence-corrected chi connectivity index (χ2v) is 6.99. The molecule has 1 unspecified atom stereocenters. The van der Waals surface area contributed by atoms with E-state index in [-0.39, 0.29) is 0 Å². The van der Waals surface area contributed by atoms with Crippen LogP contribution in [0, 0.1) is 23.2 Å². The lowest BCUT2D eigenvalue weighted by Gasteiger charge is -2.47. The van der Waals surface area contributed by atoms with Gasteiger partial charge in [0.05, 0.1) is 0 Å². The van der Waals surface area contributed by atoms with E-state index >= 15 is 0 Å². The van der Waals surface area contributed by atoms with Crippen molar-refractivity contribution >= 4 is 22.6 Å². The van der Waals surface area contributed by atoms with Crippen LogP contribution < -0.4 is 0 Å². The van der Waals surface area contributed by atoms with Gasteiger partial charge < -0.3 is 0 Å². The fraction of sp³-hybridized carbons (Fsp3) is 0.846. The summed E-state index contributed by atoms with van der Waals surface area (Å²) >= 11 is 2.59. The van der Waals surface area contributed by atoms with Crippen LogP contribution in [-0.4, -0.2) is 3.92 Å². The molecule has 3 atom stereocenters. The van der Waals surface area contributed by atoms with Gasteiger partial charge in [-0.15, -0.1) is 0 Å². The molecule has 0 spiro atoms. The van der Waals surface area contributed by atoms with Gasteiger partial charge in [-0.1, -0.05) is 69.4 Å². The molecule has 0 saturated heterocycles. The molecule has 0 nitrogen and oxygen atoms in total. The predicted molar refractivity (Wildman–Crippen MR) is 72.8 cm³/mol. The fourth-order valence-corrected chi connectivity index (χ4v) is 3.53. The first-order chi connectivity index (χ1) is 6.28. The minimum Gasteiger partial charge on any atom is -0.0985 e. The minimum atomic E-state index is 0.420. The topological polar surface area (TPSA) is 0 Å². The summed E-state index contributed by atoms with van der Waals surface area (Å²) in [5, 5.41) is 0. The third-order valence-corrected chi connectivity index (χ3v) is 6.54. The Balaban J connectivity index is 2.90. The third kappa shape index (κ3) is 2.02. The molecule has 0 aromatic rings. The molecule has 0 bridgehead atoms. The molecule has 1 rings (SSSR count). The molecule has 0 amide bonds. The van der Waals surface area contributed by atoms with Crippen molar-refractivity contribution in [3.8, 4) is 0 Å². The van der Waals surface area contributed by atoms with E-state index in [0.29, 0.717) is 9.34 Å². The number of alkyl halides is 1. The molecule has 0 heterocycles. The van der Waals surface area contributed by atoms with Crippen LogP contribution in [0.25, 0.3) is 0 Å². The standard InChI is InChI=1S/C13H23I/c1-8(2)11-7-9(3)13(5,6)12(14)10(11)4/h8-9,11-12H,4,7H2,1-3,5-6H3/t9-,11?,12+/m1/s1. The molecule has 0 aromatic carbocycles. The van der Waals surface area contributed by atoms with E-state index in [0.717, 1.165) is 17.8 Å². The number of hydrogen-bond acceptors (Lipinski definition) is 0. The average molecular weight is 306 g/mol. The predicted octanol–water partition coefficient (Wildman–Crippen LogP) is 4.68. The van der Waals surface area contributed by atoms with Gasteiger partial charge in [-0.25, -0.2) is 0 Å². The van der Waals surface area contributed by atoms with E-state index in [4.69, 9.17) is 0 Å². The van der Waals surface area contributed by atoms with Crippen LogP contribution in [0.3, 0.4) is 0 Å². The normalized spacial score (nSPS) is 37.6. The van der Waals surface area contributed by atoms with Gasteiger partial charge in [-0.05, 0) is 29.6 Å². The first kappa shape index (κ1) is 12.5. The second-order valence-electron chi connectivity index (χ2n) is 5.75. The van der Waals surface area contributed by atoms with Crippen molar-refractivity contribution in [3.05, 3.63) is 12.2 Å². The zero-order valence-corrected chi connectivity index (χ0v) is 12.3. The molecular formula is C13H23I. The maximum absolute atomic E-state index is 4.32. The van der Waals surface area contributed by atoms with Crippen LogP contribution >= 0.6 is 22.6 Å². The summed E-state index contributed by atoms with van der Waals surface area (Å²) in [5.74, 6) is 2.29. The summed E-state index contributed by atoms with van der Waals surface area (Å²) in [4.78, 5) is 0. The van der Waals surface area contributed by atoms with Crippen molar-refractivity contribution in [2.75, 3.05) is 0 Å². The quantitative estimate of drug-likeness (QED) is 0.375. The highest BCUT2D eigenvalue weighted by Gasteiger charge is 2.43. The molecule has 0 N–H and O–H groups in total. The number of halogens is 1. The highest BCUT2D eigenvalue weighted by molar-refractivity contribution is 14.1. The summed E-state index contributed by atoms with van der Waals surface area (Å²) in [7, 11) is 0. The molecule has 0 aromatic heterocycles. The van der Waals surface area contributed by atoms with Crippen molar-refractivity contribution in [1.29, 1.82) is 0 Å². The van der Waals surface area contributed by atoms with Crippen LogP contribution in [0.2, 0.25) is 0 Å². The Hall–Kier alpha value is 0.470. The Morgan fingerprint density at radius 1 is 1.43 bits per heavy atom. The average Bonchev–Trinajstić information content (AvgIpc) is 2.08. The fourth-order valence-electron chi connectivity index (χ4n) is 2.45. The molecule has 1 heteroatoms. The monoisotopic (exact) mass is 306 g/mol. The van der Waals surface area contributed by atoms with Crippen LogP contribution in [0.1, 0.15) is 41.0 Å². The molecule has 14 heavy (non-hydrogen) atoms. The van der Waals surface area contributed by atoms with Gasteiger partial charge in [0.2, 0.25) is 0 Å². The number of rotatable bonds is 1. The minimum absolute atomic E-state index is 0.420. The molecule has 1 aliphatic rings. The van der Waals surface area contributed by atoms with E-state index in [1.54, 1.807) is 0 Å². The second kappa shape index (κ2) is 4.15. The van der Waals surface area contributed by atoms with Gasteiger partial charge in [-0.3, -0.25) is 0 Å². The van der Waals surface area contributed by atoms with Crippen LogP contribution in [0.5, 0.6) is 0 Å². The summed E-state index contributed by atoms with van der Waals surface area (Å²) in [6.07, 6.45) is 1.32. The molecule has 1 aliphatic carbocycles. The highest BCUT2D eigenvalue weighted by Crippen LogP contribution is 2.50. The van der Waals surface area contributed by atoms with Crippen LogP contribution in [0.15, 0.2) is 12.2 Å². The van der Waals surface area contributed by atoms with Crippen LogP contribution in [0.4, 0.5) is 0 Å². The zero-order valence-electron chi connectivity index (χ0n) is 10.1. The molecule has 0 aliphatic heterocycles. The molecular weight excluding hydrogens is 283 g/mol. The number of allylic oxidation sites excluding steroid dienone is 1. The van der Waals surface area contributed by atoms with Gasteiger partial charge in [0.25, 0.3) is 0 Å². The molecule has 0 radical (unpaired) electrons. The summed E-state index contributed by atoms with van der Waals surface area (Å²) in [5.41, 5.74) is 1.90. The summed E-state index contributed by atoms with van der Waals surface area (Å²) in [6.45, 7) is 16.1. The zero-order chi connectivity index (χ0) is 11.1. The Bertz CT molecular complexity index is 223. The Morgan fingerprint density at radius 2 is 1.93 bits per heavy atom. The third-order valence-electron chi connectivity index (χ3n) is 4.14. The molecule has 1 fully saturated rings. The Labute approximate surface area is 103 Å². The largest absolute Gasteiger partial charge is 0.0985 e. The lowest BCUT2D eigenvalue weighted by atomic mass is 9.62. The highest BCUT2D eigenvalue weighted by atomic mass is 127. The van der Waals surface area contributed by atoms with E-state index in [2.05, 4.69) is 63.8 Å². The molecule has 1 saturated carbocycles. The Morgan fingerprint density at radius 3 is 2.36 bits per heavy atom. The maximum atomic E-state index is 4.32. The Kier molecular flexibility index (Phi) is 3.72. The van der Waals surface area contributed by atoms with Crippen LogP contribution in [-0.2, 0) is 0 Å². The lowest BCUT2D eigenvalue weighted by Crippen LogP contribution is -2.41. The van der Waals surface area contributed by atoms with E-state index in [1.807, 2.05) is 0 Å². The SMILES string of the molecule is C=C1C(C(C)C)C[C@@H](C)C(C)(C)[C@H]1I. The van der Waals surface area contributed by atoms with Crippen molar-refractivity contribution < 1.29 is 0 Å². The summed E-state index contributed by atoms with van der Waals surface area (Å²) < 4.78 is 0.635. The first-order valence-corrected chi connectivity index (χ1v) is 6.85. The van der Waals surface area contributed by atoms with E-state index in [9.17, 15) is 0 Å². The maximum Gasteiger partial charge on any atom is 0.0372 e. The number of hydrogen-bond donors (Lipinski definition) is 0. The van der Waals surface area contributed by atoms with Crippen molar-refractivity contribution in [3.63, 3.8) is 0 Å². The smallest absolute Gasteiger partial charge is 0.0372 e. The van der Waals surface area contributed by atoms with Gasteiger partial charge in [-0.2, -0.15) is 0 Å². The van der Waals surface area contributed by atoms with Gasteiger partial charge >= 0.3 is 0 Å². The lowest BCUT2D eigenvalue weighted by molar-refractivity contribution is 0.151. The molecule has 82 valence electrons. The van der Waals surface area contributed by atoms with Crippen molar-refractivity contribution in [2.24, 2.45) is 23.2 Å². The van der Waals surface area contributed by atoms with E-state index < -0.39 is 0 Å². The van der Waals surface area contributed by atoms with Crippen molar-refractivity contribution in [2.45, 2.75) is 45.0 Å². The van der Waals surface area contributed by atoms with E-state index in [1.165, 1.54) is 12.0 Å². The summed E-state index contributed by atoms with van der Waals surface area (Å²) in [6, 6.07) is 0. The first-order valence-electron chi connectivity index (χ1n) is 5.61. The van der Waals surface area contributed by atoms with Gasteiger partial charge in [0.15, 0.2) is 0 Å². The van der Waals surface area contributed by atoms with Gasteiger partial charge in [0.1, 0.15) is 0 Å². The van der Waals surface area contributed by atoms with Gasteiger partial charge in [0, 0.05) is 3.92 Å². The van der Waals surface area contributed by atoms with Crippen molar-refractivity contribution in [1.82, 2.24) is 0 Å².